The lowest BCUT2D eigenvalue weighted by Crippen LogP contribution is -2.00. The molecule has 0 saturated heterocycles. The van der Waals surface area contributed by atoms with Crippen LogP contribution in [0.2, 0.25) is 5.02 Å². The van der Waals surface area contributed by atoms with E-state index >= 15 is 0 Å². The van der Waals surface area contributed by atoms with Gasteiger partial charge in [-0.3, -0.25) is 9.38 Å². The molecule has 0 aliphatic heterocycles. The lowest BCUT2D eigenvalue weighted by molar-refractivity contribution is 0.418. The summed E-state index contributed by atoms with van der Waals surface area (Å²) in [7, 11) is 1.64. The molecule has 0 amide bonds. The Kier molecular flexibility index (Phi) is 3.35. The quantitative estimate of drug-likeness (QED) is 0.558. The molecule has 3 heterocycles. The van der Waals surface area contributed by atoms with Gasteiger partial charge in [0.05, 0.1) is 23.3 Å². The Balaban J connectivity index is 2.20. The zero-order valence-corrected chi connectivity index (χ0v) is 14.2. The van der Waals surface area contributed by atoms with E-state index in [0.29, 0.717) is 16.5 Å². The summed E-state index contributed by atoms with van der Waals surface area (Å²) in [5.41, 5.74) is 4.93. The highest BCUT2D eigenvalue weighted by atomic mass is 35.5. The third-order valence-corrected chi connectivity index (χ3v) is 4.24. The molecule has 4 aromatic rings. The van der Waals surface area contributed by atoms with Crippen LogP contribution >= 0.6 is 11.6 Å². The number of pyridine rings is 1. The fraction of sp³-hybridized carbons (Fsp3) is 0.176. The van der Waals surface area contributed by atoms with E-state index in [1.54, 1.807) is 19.5 Å². The van der Waals surface area contributed by atoms with Gasteiger partial charge in [-0.25, -0.2) is 4.98 Å². The molecule has 0 atom stereocenters. The van der Waals surface area contributed by atoms with Crippen molar-refractivity contribution in [2.75, 3.05) is 7.11 Å². The number of benzene rings is 1. The van der Waals surface area contributed by atoms with Crippen molar-refractivity contribution in [3.8, 4) is 17.1 Å². The third kappa shape index (κ3) is 2.11. The number of methoxy groups -OCH3 is 1. The van der Waals surface area contributed by atoms with Crippen LogP contribution in [-0.4, -0.2) is 31.7 Å². The highest BCUT2D eigenvalue weighted by molar-refractivity contribution is 6.33. The average molecular weight is 340 g/mol. The first kappa shape index (κ1) is 14.8. The molecule has 4 rings (SSSR count). The van der Waals surface area contributed by atoms with Crippen molar-refractivity contribution in [3.05, 3.63) is 46.9 Å². The molecule has 24 heavy (non-hydrogen) atoms. The SMILES string of the molecule is COc1cc(C)cc2c1nc(C)c1nnc(-c3ccncc3Cl)n12. The van der Waals surface area contributed by atoms with E-state index in [2.05, 4.69) is 20.2 Å². The number of ether oxygens (including phenoxy) is 1. The summed E-state index contributed by atoms with van der Waals surface area (Å²) >= 11 is 6.31. The van der Waals surface area contributed by atoms with Gasteiger partial charge in [0.1, 0.15) is 11.3 Å². The van der Waals surface area contributed by atoms with Crippen molar-refractivity contribution in [2.24, 2.45) is 0 Å². The van der Waals surface area contributed by atoms with Gasteiger partial charge >= 0.3 is 0 Å². The van der Waals surface area contributed by atoms with Gasteiger partial charge in [0.25, 0.3) is 0 Å². The molecular formula is C17H14ClN5O. The van der Waals surface area contributed by atoms with Crippen LogP contribution in [0, 0.1) is 13.8 Å². The number of aryl methyl sites for hydroxylation is 2. The molecule has 0 radical (unpaired) electrons. The van der Waals surface area contributed by atoms with Crippen LogP contribution in [0.4, 0.5) is 0 Å². The van der Waals surface area contributed by atoms with Crippen LogP contribution in [0.5, 0.6) is 5.75 Å². The molecule has 0 bridgehead atoms. The van der Waals surface area contributed by atoms with Gasteiger partial charge in [0.15, 0.2) is 11.5 Å². The molecule has 0 fully saturated rings. The van der Waals surface area contributed by atoms with Gasteiger partial charge in [-0.1, -0.05) is 11.6 Å². The second-order valence-corrected chi connectivity index (χ2v) is 5.98. The Labute approximate surface area is 143 Å². The van der Waals surface area contributed by atoms with Crippen LogP contribution < -0.4 is 4.74 Å². The van der Waals surface area contributed by atoms with Crippen molar-refractivity contribution in [3.63, 3.8) is 0 Å². The summed E-state index contributed by atoms with van der Waals surface area (Å²) in [6.07, 6.45) is 3.28. The number of fused-ring (bicyclic) bond motifs is 3. The van der Waals surface area contributed by atoms with Crippen molar-refractivity contribution < 1.29 is 4.74 Å². The summed E-state index contributed by atoms with van der Waals surface area (Å²) in [4.78, 5) is 8.69. The van der Waals surface area contributed by atoms with E-state index in [-0.39, 0.29) is 0 Å². The minimum atomic E-state index is 0.522. The Bertz CT molecular complexity index is 1090. The fourth-order valence-corrected chi connectivity index (χ4v) is 3.06. The van der Waals surface area contributed by atoms with Crippen molar-refractivity contribution in [1.29, 1.82) is 0 Å². The number of rotatable bonds is 2. The zero-order valence-electron chi connectivity index (χ0n) is 13.4. The van der Waals surface area contributed by atoms with E-state index < -0.39 is 0 Å². The van der Waals surface area contributed by atoms with E-state index in [0.717, 1.165) is 33.6 Å². The zero-order chi connectivity index (χ0) is 16.8. The smallest absolute Gasteiger partial charge is 0.183 e. The maximum Gasteiger partial charge on any atom is 0.183 e. The van der Waals surface area contributed by atoms with Crippen molar-refractivity contribution in [1.82, 2.24) is 24.6 Å². The summed E-state index contributed by atoms with van der Waals surface area (Å²) < 4.78 is 7.47. The summed E-state index contributed by atoms with van der Waals surface area (Å²) in [5, 5.41) is 9.17. The van der Waals surface area contributed by atoms with Crippen LogP contribution in [-0.2, 0) is 0 Å². The first-order chi connectivity index (χ1) is 11.6. The number of hydrogen-bond acceptors (Lipinski definition) is 5. The molecule has 0 saturated carbocycles. The minimum absolute atomic E-state index is 0.522. The highest BCUT2D eigenvalue weighted by Crippen LogP contribution is 2.32. The first-order valence-corrected chi connectivity index (χ1v) is 7.78. The Morgan fingerprint density at radius 1 is 1.17 bits per heavy atom. The maximum absolute atomic E-state index is 6.31. The van der Waals surface area contributed by atoms with Gasteiger partial charge in [0, 0.05) is 18.0 Å². The number of halogens is 1. The molecule has 0 aliphatic rings. The van der Waals surface area contributed by atoms with Gasteiger partial charge in [-0.2, -0.15) is 0 Å². The van der Waals surface area contributed by atoms with Gasteiger partial charge in [-0.05, 0) is 37.6 Å². The molecule has 0 spiro atoms. The van der Waals surface area contributed by atoms with Crippen LogP contribution in [0.25, 0.3) is 28.1 Å². The Morgan fingerprint density at radius 2 is 2.00 bits per heavy atom. The standard InChI is InChI=1S/C17H14ClN5O/c1-9-6-13-15(14(7-9)24-3)20-10(2)16-21-22-17(23(13)16)11-4-5-19-8-12(11)18/h4-8H,1-3H3. The van der Waals surface area contributed by atoms with Crippen LogP contribution in [0.1, 0.15) is 11.3 Å². The van der Waals surface area contributed by atoms with Crippen LogP contribution in [0.3, 0.4) is 0 Å². The second kappa shape index (κ2) is 5.42. The lowest BCUT2D eigenvalue weighted by atomic mass is 10.1. The second-order valence-electron chi connectivity index (χ2n) is 5.57. The normalized spacial score (nSPS) is 11.3. The molecular weight excluding hydrogens is 326 g/mol. The lowest BCUT2D eigenvalue weighted by Gasteiger charge is -2.11. The number of aromatic nitrogens is 5. The minimum Gasteiger partial charge on any atom is -0.494 e. The first-order valence-electron chi connectivity index (χ1n) is 7.40. The molecule has 1 aromatic carbocycles. The molecule has 0 N–H and O–H groups in total. The molecule has 7 heteroatoms. The molecule has 3 aromatic heterocycles. The molecule has 0 aliphatic carbocycles. The fourth-order valence-electron chi connectivity index (χ4n) is 2.86. The highest BCUT2D eigenvalue weighted by Gasteiger charge is 2.18. The summed E-state index contributed by atoms with van der Waals surface area (Å²) in [6, 6.07) is 5.83. The third-order valence-electron chi connectivity index (χ3n) is 3.94. The summed E-state index contributed by atoms with van der Waals surface area (Å²) in [5.74, 6) is 1.37. The maximum atomic E-state index is 6.31. The average Bonchev–Trinajstić information content (AvgIpc) is 3.01. The predicted molar refractivity (Wildman–Crippen MR) is 92.6 cm³/mol. The monoisotopic (exact) mass is 339 g/mol. The summed E-state index contributed by atoms with van der Waals surface area (Å²) in [6.45, 7) is 3.91. The van der Waals surface area contributed by atoms with Gasteiger partial charge in [0.2, 0.25) is 0 Å². The van der Waals surface area contributed by atoms with E-state index in [9.17, 15) is 0 Å². The van der Waals surface area contributed by atoms with E-state index in [4.69, 9.17) is 16.3 Å². The van der Waals surface area contributed by atoms with Gasteiger partial charge < -0.3 is 4.74 Å². The van der Waals surface area contributed by atoms with E-state index in [1.165, 1.54) is 0 Å². The van der Waals surface area contributed by atoms with Gasteiger partial charge in [-0.15, -0.1) is 10.2 Å². The Hall–Kier alpha value is -2.73. The molecule has 120 valence electrons. The topological polar surface area (TPSA) is 65.2 Å². The predicted octanol–water partition coefficient (Wildman–Crippen LogP) is 3.62. The van der Waals surface area contributed by atoms with Crippen LogP contribution in [0.15, 0.2) is 30.6 Å². The number of hydrogen-bond donors (Lipinski definition) is 0. The largest absolute Gasteiger partial charge is 0.494 e. The van der Waals surface area contributed by atoms with Crippen molar-refractivity contribution in [2.45, 2.75) is 13.8 Å². The Morgan fingerprint density at radius 3 is 2.75 bits per heavy atom. The van der Waals surface area contributed by atoms with Crippen molar-refractivity contribution >= 4 is 28.3 Å². The molecule has 0 unspecified atom stereocenters. The van der Waals surface area contributed by atoms with E-state index in [1.807, 2.05) is 36.4 Å². The number of nitrogens with zero attached hydrogens (tertiary/aromatic N) is 5. The molecule has 6 nitrogen and oxygen atoms in total.